The van der Waals surface area contributed by atoms with Crippen LogP contribution in [-0.2, 0) is 27.9 Å². The van der Waals surface area contributed by atoms with Crippen molar-refractivity contribution in [3.8, 4) is 0 Å². The van der Waals surface area contributed by atoms with E-state index in [9.17, 15) is 4.79 Å². The molecule has 0 bridgehead atoms. The zero-order valence-electron chi connectivity index (χ0n) is 11.8. The van der Waals surface area contributed by atoms with Gasteiger partial charge in [-0.15, -0.1) is 0 Å². The van der Waals surface area contributed by atoms with Crippen molar-refractivity contribution in [2.75, 3.05) is 33.5 Å². The van der Waals surface area contributed by atoms with Gasteiger partial charge in [-0.25, -0.2) is 0 Å². The number of methoxy groups -OCH3 is 1. The van der Waals surface area contributed by atoms with E-state index >= 15 is 0 Å². The molecule has 2 rings (SSSR count). The molecule has 1 atom stereocenters. The highest BCUT2D eigenvalue weighted by molar-refractivity contribution is 5.77. The standard InChI is InChI=1S/C13H21N3O3/c1-4-19-9-12(17)16-6-10-5-14-15(2)13(10)11(7-16)8-18-3/h5,11H,4,6-9H2,1-3H3. The summed E-state index contributed by atoms with van der Waals surface area (Å²) in [6.07, 6.45) is 1.83. The van der Waals surface area contributed by atoms with E-state index in [4.69, 9.17) is 9.47 Å². The maximum absolute atomic E-state index is 12.1. The zero-order chi connectivity index (χ0) is 13.8. The van der Waals surface area contributed by atoms with Crippen molar-refractivity contribution in [3.63, 3.8) is 0 Å². The molecule has 1 aromatic heterocycles. The van der Waals surface area contributed by atoms with Gasteiger partial charge in [0.05, 0.1) is 18.5 Å². The molecule has 1 amide bonds. The molecule has 1 aliphatic rings. The molecule has 0 fully saturated rings. The number of carbonyl (C=O) groups excluding carboxylic acids is 1. The van der Waals surface area contributed by atoms with Crippen LogP contribution in [0.1, 0.15) is 24.1 Å². The number of aryl methyl sites for hydroxylation is 1. The van der Waals surface area contributed by atoms with Gasteiger partial charge in [-0.2, -0.15) is 5.10 Å². The topological polar surface area (TPSA) is 56.6 Å². The predicted octanol–water partition coefficient (Wildman–Crippen LogP) is 0.529. The number of fused-ring (bicyclic) bond motifs is 1. The molecule has 19 heavy (non-hydrogen) atoms. The minimum Gasteiger partial charge on any atom is -0.384 e. The van der Waals surface area contributed by atoms with E-state index in [-0.39, 0.29) is 18.4 Å². The van der Waals surface area contributed by atoms with E-state index < -0.39 is 0 Å². The molecular formula is C13H21N3O3. The normalized spacial score (nSPS) is 18.5. The first-order valence-electron chi connectivity index (χ1n) is 6.52. The van der Waals surface area contributed by atoms with Crippen LogP contribution in [-0.4, -0.2) is 54.1 Å². The highest BCUT2D eigenvalue weighted by Gasteiger charge is 2.30. The van der Waals surface area contributed by atoms with Crippen molar-refractivity contribution in [2.24, 2.45) is 7.05 Å². The van der Waals surface area contributed by atoms with Gasteiger partial charge in [0.25, 0.3) is 0 Å². The molecule has 0 spiro atoms. The first kappa shape index (κ1) is 14.0. The fourth-order valence-electron chi connectivity index (χ4n) is 2.57. The number of amides is 1. The Hall–Kier alpha value is -1.40. The van der Waals surface area contributed by atoms with Gasteiger partial charge < -0.3 is 14.4 Å². The first-order chi connectivity index (χ1) is 9.17. The largest absolute Gasteiger partial charge is 0.384 e. The minimum atomic E-state index is 0.0254. The third kappa shape index (κ3) is 2.96. The lowest BCUT2D eigenvalue weighted by Gasteiger charge is -2.32. The summed E-state index contributed by atoms with van der Waals surface area (Å²) in [6, 6.07) is 0. The Morgan fingerprint density at radius 2 is 2.37 bits per heavy atom. The number of nitrogens with zero attached hydrogens (tertiary/aromatic N) is 3. The van der Waals surface area contributed by atoms with E-state index in [2.05, 4.69) is 5.10 Å². The second-order valence-electron chi connectivity index (χ2n) is 4.74. The van der Waals surface area contributed by atoms with E-state index in [0.29, 0.717) is 26.3 Å². The highest BCUT2D eigenvalue weighted by atomic mass is 16.5. The summed E-state index contributed by atoms with van der Waals surface area (Å²) < 4.78 is 12.3. The van der Waals surface area contributed by atoms with Gasteiger partial charge in [0.2, 0.25) is 5.91 Å². The molecule has 6 nitrogen and oxygen atoms in total. The second-order valence-corrected chi connectivity index (χ2v) is 4.74. The third-order valence-corrected chi connectivity index (χ3v) is 3.40. The first-order valence-corrected chi connectivity index (χ1v) is 6.52. The van der Waals surface area contributed by atoms with Crippen LogP contribution >= 0.6 is 0 Å². The quantitative estimate of drug-likeness (QED) is 0.781. The van der Waals surface area contributed by atoms with E-state index in [1.807, 2.05) is 29.7 Å². The summed E-state index contributed by atoms with van der Waals surface area (Å²) in [5.41, 5.74) is 2.27. The molecule has 1 aliphatic heterocycles. The van der Waals surface area contributed by atoms with Gasteiger partial charge in [-0.3, -0.25) is 9.48 Å². The maximum atomic E-state index is 12.1. The van der Waals surface area contributed by atoms with Crippen molar-refractivity contribution >= 4 is 5.91 Å². The molecule has 1 aromatic rings. The maximum Gasteiger partial charge on any atom is 0.248 e. The molecule has 1 unspecified atom stereocenters. The van der Waals surface area contributed by atoms with Crippen LogP contribution in [0.25, 0.3) is 0 Å². The van der Waals surface area contributed by atoms with Crippen LogP contribution in [0.4, 0.5) is 0 Å². The summed E-state index contributed by atoms with van der Waals surface area (Å²) in [5.74, 6) is 0.198. The number of aromatic nitrogens is 2. The number of hydrogen-bond acceptors (Lipinski definition) is 4. The smallest absolute Gasteiger partial charge is 0.248 e. The Labute approximate surface area is 113 Å². The fraction of sp³-hybridized carbons (Fsp3) is 0.692. The summed E-state index contributed by atoms with van der Waals surface area (Å²) in [4.78, 5) is 13.9. The average molecular weight is 267 g/mol. The number of hydrogen-bond donors (Lipinski definition) is 0. The van der Waals surface area contributed by atoms with Gasteiger partial charge in [-0.05, 0) is 6.92 Å². The molecular weight excluding hydrogens is 246 g/mol. The predicted molar refractivity (Wildman–Crippen MR) is 69.7 cm³/mol. The van der Waals surface area contributed by atoms with Gasteiger partial charge in [0.1, 0.15) is 6.61 Å². The summed E-state index contributed by atoms with van der Waals surface area (Å²) in [6.45, 7) is 4.44. The van der Waals surface area contributed by atoms with E-state index in [0.717, 1.165) is 5.56 Å². The summed E-state index contributed by atoms with van der Waals surface area (Å²) in [7, 11) is 3.61. The number of carbonyl (C=O) groups is 1. The molecule has 2 heterocycles. The molecule has 0 N–H and O–H groups in total. The molecule has 0 saturated carbocycles. The van der Waals surface area contributed by atoms with Crippen molar-refractivity contribution in [1.82, 2.24) is 14.7 Å². The lowest BCUT2D eigenvalue weighted by atomic mass is 9.97. The Balaban J connectivity index is 2.13. The molecule has 6 heteroatoms. The Bertz CT molecular complexity index is 444. The van der Waals surface area contributed by atoms with Crippen LogP contribution < -0.4 is 0 Å². The second kappa shape index (κ2) is 6.16. The number of ether oxygens (including phenoxy) is 2. The molecule has 0 radical (unpaired) electrons. The van der Waals surface area contributed by atoms with Crippen molar-refractivity contribution in [3.05, 3.63) is 17.5 Å². The highest BCUT2D eigenvalue weighted by Crippen LogP contribution is 2.28. The zero-order valence-corrected chi connectivity index (χ0v) is 11.8. The van der Waals surface area contributed by atoms with Crippen LogP contribution in [0.3, 0.4) is 0 Å². The minimum absolute atomic E-state index is 0.0254. The van der Waals surface area contributed by atoms with Crippen molar-refractivity contribution in [2.45, 2.75) is 19.4 Å². The van der Waals surface area contributed by atoms with Gasteiger partial charge in [-0.1, -0.05) is 0 Å². The van der Waals surface area contributed by atoms with Gasteiger partial charge in [0, 0.05) is 45.3 Å². The summed E-state index contributed by atoms with van der Waals surface area (Å²) >= 11 is 0. The van der Waals surface area contributed by atoms with Crippen LogP contribution in [0.2, 0.25) is 0 Å². The van der Waals surface area contributed by atoms with Crippen LogP contribution in [0, 0.1) is 0 Å². The Kier molecular flexibility index (Phi) is 4.55. The number of rotatable bonds is 5. The van der Waals surface area contributed by atoms with Crippen LogP contribution in [0.15, 0.2) is 6.20 Å². The average Bonchev–Trinajstić information content (AvgIpc) is 2.78. The molecule has 0 saturated heterocycles. The Morgan fingerprint density at radius 3 is 3.05 bits per heavy atom. The van der Waals surface area contributed by atoms with Crippen LogP contribution in [0.5, 0.6) is 0 Å². The monoisotopic (exact) mass is 267 g/mol. The molecule has 0 aliphatic carbocycles. The van der Waals surface area contributed by atoms with Crippen molar-refractivity contribution < 1.29 is 14.3 Å². The van der Waals surface area contributed by atoms with E-state index in [1.54, 1.807) is 7.11 Å². The fourth-order valence-corrected chi connectivity index (χ4v) is 2.57. The molecule has 0 aromatic carbocycles. The SMILES string of the molecule is CCOCC(=O)N1Cc2cnn(C)c2C(COC)C1. The lowest BCUT2D eigenvalue weighted by Crippen LogP contribution is -2.41. The van der Waals surface area contributed by atoms with Crippen molar-refractivity contribution in [1.29, 1.82) is 0 Å². The van der Waals surface area contributed by atoms with Gasteiger partial charge in [0.15, 0.2) is 0 Å². The lowest BCUT2D eigenvalue weighted by molar-refractivity contribution is -0.137. The molecule has 106 valence electrons. The van der Waals surface area contributed by atoms with Gasteiger partial charge >= 0.3 is 0 Å². The Morgan fingerprint density at radius 1 is 1.58 bits per heavy atom. The van der Waals surface area contributed by atoms with E-state index in [1.165, 1.54) is 5.69 Å². The third-order valence-electron chi connectivity index (χ3n) is 3.40. The summed E-state index contributed by atoms with van der Waals surface area (Å²) in [5, 5.41) is 4.28.